The fraction of sp³-hybridized carbons (Fsp3) is 0.529. The molecule has 114 valence electrons. The van der Waals surface area contributed by atoms with Crippen molar-refractivity contribution in [2.75, 3.05) is 20.7 Å². The minimum absolute atomic E-state index is 0.0215. The van der Waals surface area contributed by atoms with E-state index in [1.165, 1.54) is 31.1 Å². The minimum atomic E-state index is -0.232. The Bertz CT molecular complexity index is 525. The first kappa shape index (κ1) is 15.5. The van der Waals surface area contributed by atoms with E-state index in [1.807, 2.05) is 12.1 Å². The summed E-state index contributed by atoms with van der Waals surface area (Å²) in [6, 6.07) is 6.04. The fourth-order valence-electron chi connectivity index (χ4n) is 2.75. The van der Waals surface area contributed by atoms with Crippen LogP contribution in [0.15, 0.2) is 18.2 Å². The highest BCUT2D eigenvalue weighted by Crippen LogP contribution is 2.22. The van der Waals surface area contributed by atoms with Gasteiger partial charge in [-0.2, -0.15) is 0 Å². The number of rotatable bonds is 5. The zero-order valence-corrected chi connectivity index (χ0v) is 12.9. The summed E-state index contributed by atoms with van der Waals surface area (Å²) in [5.74, 6) is -0.210. The maximum Gasteiger partial charge on any atom is 0.305 e. The van der Waals surface area contributed by atoms with Gasteiger partial charge in [0.1, 0.15) is 0 Å². The number of nitrogens with zero attached hydrogens (tertiary/aromatic N) is 1. The van der Waals surface area contributed by atoms with Gasteiger partial charge in [0.05, 0.1) is 7.11 Å². The molecule has 0 fully saturated rings. The molecule has 1 amide bonds. The summed E-state index contributed by atoms with van der Waals surface area (Å²) in [5.41, 5.74) is 3.44. The van der Waals surface area contributed by atoms with E-state index in [2.05, 4.69) is 10.8 Å². The first-order valence-corrected chi connectivity index (χ1v) is 7.56. The predicted molar refractivity (Wildman–Crippen MR) is 81.3 cm³/mol. The smallest absolute Gasteiger partial charge is 0.305 e. The fourth-order valence-corrected chi connectivity index (χ4v) is 2.75. The van der Waals surface area contributed by atoms with Gasteiger partial charge in [0, 0.05) is 25.6 Å². The van der Waals surface area contributed by atoms with Crippen molar-refractivity contribution in [2.24, 2.45) is 0 Å². The highest BCUT2D eigenvalue weighted by Gasteiger charge is 2.15. The molecule has 0 N–H and O–H groups in total. The Balaban J connectivity index is 1.94. The quantitative estimate of drug-likeness (QED) is 0.783. The van der Waals surface area contributed by atoms with Crippen molar-refractivity contribution in [3.8, 4) is 0 Å². The van der Waals surface area contributed by atoms with E-state index in [9.17, 15) is 9.59 Å². The first-order chi connectivity index (χ1) is 10.1. The third-order valence-electron chi connectivity index (χ3n) is 4.04. The maximum atomic E-state index is 12.4. The molecule has 4 heteroatoms. The van der Waals surface area contributed by atoms with Crippen LogP contribution in [0.1, 0.15) is 47.2 Å². The maximum absolute atomic E-state index is 12.4. The van der Waals surface area contributed by atoms with Crippen LogP contribution in [-0.4, -0.2) is 37.5 Å². The van der Waals surface area contributed by atoms with Gasteiger partial charge in [-0.15, -0.1) is 0 Å². The number of carbonyl (C=O) groups is 2. The van der Waals surface area contributed by atoms with Gasteiger partial charge < -0.3 is 9.64 Å². The molecule has 0 saturated carbocycles. The molecule has 0 bridgehead atoms. The van der Waals surface area contributed by atoms with E-state index in [-0.39, 0.29) is 11.9 Å². The summed E-state index contributed by atoms with van der Waals surface area (Å²) in [6.07, 6.45) is 5.62. The summed E-state index contributed by atoms with van der Waals surface area (Å²) < 4.78 is 4.60. The SMILES string of the molecule is COC(=O)CCCN(C)C(=O)c1ccc2c(c1)CCCC2. The summed E-state index contributed by atoms with van der Waals surface area (Å²) >= 11 is 0. The lowest BCUT2D eigenvalue weighted by Crippen LogP contribution is -2.28. The molecule has 0 unspecified atom stereocenters. The van der Waals surface area contributed by atoms with Crippen molar-refractivity contribution < 1.29 is 14.3 Å². The second-order valence-corrected chi connectivity index (χ2v) is 5.60. The van der Waals surface area contributed by atoms with Crippen LogP contribution < -0.4 is 0 Å². The Kier molecular flexibility index (Phi) is 5.37. The molecular weight excluding hydrogens is 266 g/mol. The van der Waals surface area contributed by atoms with Crippen LogP contribution in [0, 0.1) is 0 Å². The van der Waals surface area contributed by atoms with E-state index >= 15 is 0 Å². The monoisotopic (exact) mass is 289 g/mol. The van der Waals surface area contributed by atoms with Crippen molar-refractivity contribution in [3.63, 3.8) is 0 Å². The molecule has 1 aliphatic carbocycles. The third kappa shape index (κ3) is 4.06. The van der Waals surface area contributed by atoms with Crippen molar-refractivity contribution >= 4 is 11.9 Å². The zero-order valence-electron chi connectivity index (χ0n) is 12.9. The van der Waals surface area contributed by atoms with Crippen LogP contribution in [-0.2, 0) is 22.4 Å². The number of amides is 1. The second-order valence-electron chi connectivity index (χ2n) is 5.60. The number of aryl methyl sites for hydroxylation is 2. The number of carbonyl (C=O) groups excluding carboxylic acids is 2. The molecule has 0 atom stereocenters. The molecule has 0 heterocycles. The van der Waals surface area contributed by atoms with Gasteiger partial charge in [-0.1, -0.05) is 6.07 Å². The van der Waals surface area contributed by atoms with E-state index in [4.69, 9.17) is 0 Å². The van der Waals surface area contributed by atoms with Gasteiger partial charge in [0.25, 0.3) is 5.91 Å². The Labute approximate surface area is 126 Å². The summed E-state index contributed by atoms with van der Waals surface area (Å²) in [6.45, 7) is 0.561. The second kappa shape index (κ2) is 7.25. The van der Waals surface area contributed by atoms with Crippen molar-refractivity contribution in [3.05, 3.63) is 34.9 Å². The lowest BCUT2D eigenvalue weighted by molar-refractivity contribution is -0.140. The molecule has 21 heavy (non-hydrogen) atoms. The van der Waals surface area contributed by atoms with Crippen LogP contribution in [0.3, 0.4) is 0 Å². The van der Waals surface area contributed by atoms with Gasteiger partial charge >= 0.3 is 5.97 Å². The van der Waals surface area contributed by atoms with Gasteiger partial charge in [-0.05, 0) is 55.4 Å². The Morgan fingerprint density at radius 2 is 1.90 bits per heavy atom. The number of esters is 1. The Morgan fingerprint density at radius 1 is 1.19 bits per heavy atom. The van der Waals surface area contributed by atoms with Gasteiger partial charge in [-0.3, -0.25) is 9.59 Å². The molecule has 1 aliphatic rings. The molecular formula is C17H23NO3. The highest BCUT2D eigenvalue weighted by atomic mass is 16.5. The largest absolute Gasteiger partial charge is 0.469 e. The van der Waals surface area contributed by atoms with Crippen molar-refractivity contribution in [1.82, 2.24) is 4.90 Å². The topological polar surface area (TPSA) is 46.6 Å². The zero-order chi connectivity index (χ0) is 15.2. The number of fused-ring (bicyclic) bond motifs is 1. The summed E-state index contributed by atoms with van der Waals surface area (Å²) in [7, 11) is 3.16. The van der Waals surface area contributed by atoms with Crippen LogP contribution >= 0.6 is 0 Å². The van der Waals surface area contributed by atoms with E-state index in [1.54, 1.807) is 11.9 Å². The lowest BCUT2D eigenvalue weighted by atomic mass is 9.90. The third-order valence-corrected chi connectivity index (χ3v) is 4.04. The number of hydrogen-bond acceptors (Lipinski definition) is 3. The predicted octanol–water partition coefficient (Wildman–Crippen LogP) is 2.59. The molecule has 0 aromatic heterocycles. The van der Waals surface area contributed by atoms with Crippen molar-refractivity contribution in [2.45, 2.75) is 38.5 Å². The van der Waals surface area contributed by atoms with Crippen LogP contribution in [0.25, 0.3) is 0 Å². The van der Waals surface area contributed by atoms with E-state index < -0.39 is 0 Å². The van der Waals surface area contributed by atoms with Gasteiger partial charge in [-0.25, -0.2) is 0 Å². The first-order valence-electron chi connectivity index (χ1n) is 7.56. The van der Waals surface area contributed by atoms with Crippen LogP contribution in [0.5, 0.6) is 0 Å². The number of ether oxygens (including phenoxy) is 1. The molecule has 0 spiro atoms. The molecule has 4 nitrogen and oxygen atoms in total. The number of methoxy groups -OCH3 is 1. The lowest BCUT2D eigenvalue weighted by Gasteiger charge is -2.20. The van der Waals surface area contributed by atoms with Gasteiger partial charge in [0.15, 0.2) is 0 Å². The molecule has 1 aromatic rings. The minimum Gasteiger partial charge on any atom is -0.469 e. The molecule has 0 saturated heterocycles. The molecule has 0 radical (unpaired) electrons. The molecule has 2 rings (SSSR count). The van der Waals surface area contributed by atoms with Crippen LogP contribution in [0.2, 0.25) is 0 Å². The Hall–Kier alpha value is -1.84. The summed E-state index contributed by atoms with van der Waals surface area (Å²) in [4.78, 5) is 25.1. The van der Waals surface area contributed by atoms with E-state index in [0.29, 0.717) is 19.4 Å². The van der Waals surface area contributed by atoms with Gasteiger partial charge in [0.2, 0.25) is 0 Å². The molecule has 0 aliphatic heterocycles. The average molecular weight is 289 g/mol. The average Bonchev–Trinajstić information content (AvgIpc) is 2.53. The Morgan fingerprint density at radius 3 is 2.62 bits per heavy atom. The number of benzene rings is 1. The normalized spacial score (nSPS) is 13.4. The number of hydrogen-bond donors (Lipinski definition) is 0. The molecule has 1 aromatic carbocycles. The standard InChI is InChI=1S/C17H23NO3/c1-18(11-5-8-16(19)21-2)17(20)15-10-9-13-6-3-4-7-14(13)12-15/h9-10,12H,3-8,11H2,1-2H3. The summed E-state index contributed by atoms with van der Waals surface area (Å²) in [5, 5.41) is 0. The van der Waals surface area contributed by atoms with E-state index in [0.717, 1.165) is 18.4 Å². The highest BCUT2D eigenvalue weighted by molar-refractivity contribution is 5.94. The van der Waals surface area contributed by atoms with Crippen molar-refractivity contribution in [1.29, 1.82) is 0 Å². The van der Waals surface area contributed by atoms with Crippen LogP contribution in [0.4, 0.5) is 0 Å².